The molecule has 30 heavy (non-hydrogen) atoms. The fourth-order valence-corrected chi connectivity index (χ4v) is 6.48. The van der Waals surface area contributed by atoms with Gasteiger partial charge in [-0.3, -0.25) is 4.79 Å². The Labute approximate surface area is 180 Å². The lowest BCUT2D eigenvalue weighted by molar-refractivity contribution is -0.129. The summed E-state index contributed by atoms with van der Waals surface area (Å²) in [6.45, 7) is 3.54. The standard InChI is InChI=1S/C28H32O2/c1-28-16-15-24-23-11-9-20(8-5-17-30-19-21-6-3-2-4-7-21)18-22(23)10-12-25(24)26(28)13-14-27(28)29/h2-9,11,18,24-26H,10,12-17,19H2,1H3/b8-5+/t24-,25-,26+,28+/m1/s1. The van der Waals surface area contributed by atoms with Gasteiger partial charge in [-0.25, -0.2) is 0 Å². The molecule has 156 valence electrons. The summed E-state index contributed by atoms with van der Waals surface area (Å²) in [5.74, 6) is 2.50. The molecule has 0 bridgehead atoms. The first-order valence-electron chi connectivity index (χ1n) is 11.6. The zero-order chi connectivity index (χ0) is 20.6. The van der Waals surface area contributed by atoms with Gasteiger partial charge in [-0.05, 0) is 72.1 Å². The molecule has 5 rings (SSSR count). The molecule has 0 spiro atoms. The van der Waals surface area contributed by atoms with Crippen LogP contribution < -0.4 is 0 Å². The molecule has 2 heteroatoms. The molecule has 3 aliphatic rings. The van der Waals surface area contributed by atoms with Crippen LogP contribution in [0.1, 0.15) is 67.2 Å². The Morgan fingerprint density at radius 2 is 1.93 bits per heavy atom. The number of aryl methyl sites for hydroxylation is 1. The zero-order valence-corrected chi connectivity index (χ0v) is 18.0. The van der Waals surface area contributed by atoms with Crippen molar-refractivity contribution in [3.63, 3.8) is 0 Å². The summed E-state index contributed by atoms with van der Waals surface area (Å²) in [6.07, 6.45) is 10.9. The summed E-state index contributed by atoms with van der Waals surface area (Å²) < 4.78 is 5.77. The molecule has 2 saturated carbocycles. The second kappa shape index (κ2) is 8.15. The maximum atomic E-state index is 12.5. The molecule has 0 radical (unpaired) electrons. The molecule has 0 aliphatic heterocycles. The minimum atomic E-state index is -0.0267. The molecule has 2 fully saturated rings. The van der Waals surface area contributed by atoms with Gasteiger partial charge in [0.15, 0.2) is 0 Å². The number of ketones is 1. The van der Waals surface area contributed by atoms with Gasteiger partial charge in [-0.1, -0.05) is 67.6 Å². The molecule has 0 N–H and O–H groups in total. The van der Waals surface area contributed by atoms with Crippen LogP contribution in [0.2, 0.25) is 0 Å². The maximum absolute atomic E-state index is 12.5. The molecule has 0 saturated heterocycles. The molecule has 0 aromatic heterocycles. The zero-order valence-electron chi connectivity index (χ0n) is 18.0. The van der Waals surface area contributed by atoms with Crippen LogP contribution in [0.5, 0.6) is 0 Å². The van der Waals surface area contributed by atoms with Crippen molar-refractivity contribution in [2.24, 2.45) is 17.3 Å². The highest BCUT2D eigenvalue weighted by Gasteiger charge is 2.54. The molecule has 0 amide bonds. The van der Waals surface area contributed by atoms with Gasteiger partial charge in [-0.15, -0.1) is 0 Å². The van der Waals surface area contributed by atoms with Crippen molar-refractivity contribution < 1.29 is 9.53 Å². The molecule has 4 atom stereocenters. The number of rotatable bonds is 5. The fourth-order valence-electron chi connectivity index (χ4n) is 6.48. The molecule has 0 unspecified atom stereocenters. The smallest absolute Gasteiger partial charge is 0.139 e. The van der Waals surface area contributed by atoms with Gasteiger partial charge >= 0.3 is 0 Å². The quantitative estimate of drug-likeness (QED) is 0.547. The van der Waals surface area contributed by atoms with Crippen molar-refractivity contribution >= 4 is 11.9 Å². The van der Waals surface area contributed by atoms with Crippen LogP contribution in [0.4, 0.5) is 0 Å². The van der Waals surface area contributed by atoms with Crippen molar-refractivity contribution in [3.8, 4) is 0 Å². The van der Waals surface area contributed by atoms with Crippen molar-refractivity contribution in [1.82, 2.24) is 0 Å². The first kappa shape index (κ1) is 19.8. The molecule has 2 aromatic carbocycles. The number of carbonyl (C=O) groups is 1. The number of ether oxygens (including phenoxy) is 1. The van der Waals surface area contributed by atoms with E-state index in [1.807, 2.05) is 18.2 Å². The van der Waals surface area contributed by atoms with E-state index >= 15 is 0 Å². The second-order valence-electron chi connectivity index (χ2n) is 9.69. The van der Waals surface area contributed by atoms with E-state index in [2.05, 4.69) is 49.4 Å². The number of carbonyl (C=O) groups excluding carboxylic acids is 1. The van der Waals surface area contributed by atoms with Gasteiger partial charge in [0, 0.05) is 11.8 Å². The number of fused-ring (bicyclic) bond motifs is 5. The molecule has 2 nitrogen and oxygen atoms in total. The van der Waals surface area contributed by atoms with Crippen LogP contribution >= 0.6 is 0 Å². The van der Waals surface area contributed by atoms with Crippen molar-refractivity contribution in [2.45, 2.75) is 58.0 Å². The Morgan fingerprint density at radius 3 is 2.80 bits per heavy atom. The summed E-state index contributed by atoms with van der Waals surface area (Å²) in [7, 11) is 0. The minimum absolute atomic E-state index is 0.0267. The number of hydrogen-bond donors (Lipinski definition) is 0. The monoisotopic (exact) mass is 400 g/mol. The van der Waals surface area contributed by atoms with E-state index in [0.29, 0.717) is 36.8 Å². The van der Waals surface area contributed by atoms with Crippen LogP contribution in [0.25, 0.3) is 6.08 Å². The number of benzene rings is 2. The largest absolute Gasteiger partial charge is 0.373 e. The van der Waals surface area contributed by atoms with Gasteiger partial charge in [0.25, 0.3) is 0 Å². The second-order valence-corrected chi connectivity index (χ2v) is 9.69. The number of Topliss-reactive ketones (excluding diaryl/α,β-unsaturated/α-hetero) is 1. The predicted molar refractivity (Wildman–Crippen MR) is 121 cm³/mol. The molecule has 2 aromatic rings. The Morgan fingerprint density at radius 1 is 1.07 bits per heavy atom. The SMILES string of the molecule is C[C@]12CC[C@@H]3c4ccc(/C=C/COCc5ccccc5)cc4CC[C@H]3[C@@H]1CCC2=O. The molecule has 0 heterocycles. The van der Waals surface area contributed by atoms with E-state index in [0.717, 1.165) is 25.7 Å². The normalized spacial score (nSPS) is 30.2. The van der Waals surface area contributed by atoms with Crippen LogP contribution in [0.3, 0.4) is 0 Å². The predicted octanol–water partition coefficient (Wildman–Crippen LogP) is 6.34. The van der Waals surface area contributed by atoms with E-state index in [9.17, 15) is 4.79 Å². The third-order valence-corrected chi connectivity index (χ3v) is 8.10. The topological polar surface area (TPSA) is 26.3 Å². The van der Waals surface area contributed by atoms with E-state index < -0.39 is 0 Å². The van der Waals surface area contributed by atoms with Gasteiger partial charge < -0.3 is 4.74 Å². The Balaban J connectivity index is 1.23. The van der Waals surface area contributed by atoms with Crippen LogP contribution in [-0.4, -0.2) is 12.4 Å². The lowest BCUT2D eigenvalue weighted by Gasteiger charge is -2.48. The first-order valence-corrected chi connectivity index (χ1v) is 11.6. The lowest BCUT2D eigenvalue weighted by atomic mass is 9.55. The maximum Gasteiger partial charge on any atom is 0.139 e. The highest BCUT2D eigenvalue weighted by molar-refractivity contribution is 5.87. The van der Waals surface area contributed by atoms with E-state index in [4.69, 9.17) is 4.74 Å². The highest BCUT2D eigenvalue weighted by Crippen LogP contribution is 2.59. The highest BCUT2D eigenvalue weighted by atomic mass is 16.5. The number of hydrogen-bond acceptors (Lipinski definition) is 2. The summed E-state index contributed by atoms with van der Waals surface area (Å²) >= 11 is 0. The third kappa shape index (κ3) is 3.56. The summed E-state index contributed by atoms with van der Waals surface area (Å²) in [4.78, 5) is 12.5. The third-order valence-electron chi connectivity index (χ3n) is 8.10. The van der Waals surface area contributed by atoms with Crippen LogP contribution in [0.15, 0.2) is 54.6 Å². The first-order chi connectivity index (χ1) is 14.6. The summed E-state index contributed by atoms with van der Waals surface area (Å²) in [5.41, 5.74) is 5.54. The Hall–Kier alpha value is -2.19. The average Bonchev–Trinajstić information content (AvgIpc) is 3.08. The van der Waals surface area contributed by atoms with E-state index in [1.165, 1.54) is 29.5 Å². The molecule has 3 aliphatic carbocycles. The molecular weight excluding hydrogens is 368 g/mol. The van der Waals surface area contributed by atoms with Crippen LogP contribution in [0, 0.1) is 17.3 Å². The van der Waals surface area contributed by atoms with Crippen LogP contribution in [-0.2, 0) is 22.6 Å². The van der Waals surface area contributed by atoms with E-state index in [-0.39, 0.29) is 5.41 Å². The lowest BCUT2D eigenvalue weighted by Crippen LogP contribution is -2.42. The Kier molecular flexibility index (Phi) is 5.37. The summed E-state index contributed by atoms with van der Waals surface area (Å²) in [5, 5.41) is 0. The Bertz CT molecular complexity index is 944. The summed E-state index contributed by atoms with van der Waals surface area (Å²) in [6, 6.07) is 17.3. The molecular formula is C28H32O2. The van der Waals surface area contributed by atoms with Gasteiger partial charge in [0.1, 0.15) is 5.78 Å². The fraction of sp³-hybridized carbons (Fsp3) is 0.464. The van der Waals surface area contributed by atoms with E-state index in [1.54, 1.807) is 5.56 Å². The minimum Gasteiger partial charge on any atom is -0.373 e. The average molecular weight is 401 g/mol. The van der Waals surface area contributed by atoms with Gasteiger partial charge in [0.2, 0.25) is 0 Å². The van der Waals surface area contributed by atoms with Gasteiger partial charge in [0.05, 0.1) is 13.2 Å². The van der Waals surface area contributed by atoms with Gasteiger partial charge in [-0.2, -0.15) is 0 Å². The van der Waals surface area contributed by atoms with Crippen molar-refractivity contribution in [1.29, 1.82) is 0 Å². The van der Waals surface area contributed by atoms with Crippen molar-refractivity contribution in [2.75, 3.05) is 6.61 Å². The van der Waals surface area contributed by atoms with Crippen molar-refractivity contribution in [3.05, 3.63) is 76.9 Å².